The van der Waals surface area contributed by atoms with Gasteiger partial charge in [0.15, 0.2) is 0 Å². The molecule has 0 saturated heterocycles. The van der Waals surface area contributed by atoms with E-state index in [1.807, 2.05) is 0 Å². The largest absolute Gasteiger partial charge is 0.444 e. The average Bonchev–Trinajstić information content (AvgIpc) is 2.22. The Balaban J connectivity index is 5.16. The van der Waals surface area contributed by atoms with Crippen molar-refractivity contribution in [2.75, 3.05) is 0 Å². The molecule has 0 rings (SSSR count). The summed E-state index contributed by atoms with van der Waals surface area (Å²) in [6, 6.07) is 0. The third-order valence-electron chi connectivity index (χ3n) is 1.84. The van der Waals surface area contributed by atoms with Gasteiger partial charge >= 0.3 is 12.2 Å². The lowest BCUT2D eigenvalue weighted by Gasteiger charge is -2.20. The van der Waals surface area contributed by atoms with E-state index in [9.17, 15) is 14.4 Å². The van der Waals surface area contributed by atoms with Crippen molar-refractivity contribution < 1.29 is 23.9 Å². The summed E-state index contributed by atoms with van der Waals surface area (Å²) in [7, 11) is 0. The molecular weight excluding hydrogens is 302 g/mol. The van der Waals surface area contributed by atoms with Crippen molar-refractivity contribution in [3.05, 3.63) is 12.2 Å². The lowest BCUT2D eigenvalue weighted by Crippen LogP contribution is -2.46. The van der Waals surface area contributed by atoms with Crippen LogP contribution < -0.4 is 10.6 Å². The molecule has 0 fully saturated rings. The van der Waals surface area contributed by atoms with E-state index >= 15 is 0 Å². The fourth-order valence-electron chi connectivity index (χ4n) is 1.08. The summed E-state index contributed by atoms with van der Waals surface area (Å²) < 4.78 is 10.0. The molecule has 2 N–H and O–H groups in total. The van der Waals surface area contributed by atoms with Gasteiger partial charge in [-0.05, 0) is 48.5 Å². The van der Waals surface area contributed by atoms with E-state index in [2.05, 4.69) is 22.2 Å². The second-order valence-electron chi connectivity index (χ2n) is 6.80. The number of hydrogen-bond donors (Lipinski definition) is 2. The first-order chi connectivity index (χ1) is 10.2. The van der Waals surface area contributed by atoms with Crippen molar-refractivity contribution in [1.29, 1.82) is 0 Å². The van der Waals surface area contributed by atoms with Crippen molar-refractivity contribution in [1.82, 2.24) is 10.6 Å². The van der Waals surface area contributed by atoms with Crippen LogP contribution in [0.4, 0.5) is 9.59 Å². The zero-order valence-electron chi connectivity index (χ0n) is 14.7. The van der Waals surface area contributed by atoms with Crippen LogP contribution in [0.15, 0.2) is 17.1 Å². The summed E-state index contributed by atoms with van der Waals surface area (Å²) in [5.41, 5.74) is -1.34. The molecular formula is C15H25N3O5. The van der Waals surface area contributed by atoms with E-state index in [0.29, 0.717) is 0 Å². The van der Waals surface area contributed by atoms with E-state index < -0.39 is 35.3 Å². The SMILES string of the molecule is C=C(C)C(=O)NC(=NC(=O)OC(C)(C)C)NC(=O)OC(C)(C)C. The van der Waals surface area contributed by atoms with E-state index in [1.165, 1.54) is 6.92 Å². The third-order valence-corrected chi connectivity index (χ3v) is 1.84. The number of ether oxygens (including phenoxy) is 2. The smallest absolute Gasteiger partial charge is 0.437 e. The number of aliphatic imine (C=N–C) groups is 1. The summed E-state index contributed by atoms with van der Waals surface area (Å²) in [5.74, 6) is -1.01. The zero-order chi connectivity index (χ0) is 18.4. The number of alkyl carbamates (subject to hydrolysis) is 1. The van der Waals surface area contributed by atoms with Gasteiger partial charge < -0.3 is 9.47 Å². The lowest BCUT2D eigenvalue weighted by atomic mass is 10.2. The number of hydrogen-bond acceptors (Lipinski definition) is 5. The zero-order valence-corrected chi connectivity index (χ0v) is 14.7. The number of carbonyl (C=O) groups excluding carboxylic acids is 3. The van der Waals surface area contributed by atoms with Gasteiger partial charge in [-0.2, -0.15) is 0 Å². The lowest BCUT2D eigenvalue weighted by molar-refractivity contribution is -0.116. The van der Waals surface area contributed by atoms with Gasteiger partial charge in [-0.1, -0.05) is 6.58 Å². The predicted molar refractivity (Wildman–Crippen MR) is 86.0 cm³/mol. The van der Waals surface area contributed by atoms with Crippen LogP contribution in [0, 0.1) is 0 Å². The van der Waals surface area contributed by atoms with Crippen molar-refractivity contribution in [2.45, 2.75) is 59.7 Å². The van der Waals surface area contributed by atoms with Gasteiger partial charge in [-0.3, -0.25) is 15.4 Å². The summed E-state index contributed by atoms with van der Waals surface area (Å²) in [6.45, 7) is 14.9. The van der Waals surface area contributed by atoms with Crippen LogP contribution in [0.3, 0.4) is 0 Å². The fraction of sp³-hybridized carbons (Fsp3) is 0.600. The number of nitrogens with one attached hydrogen (secondary N) is 2. The molecule has 0 atom stereocenters. The minimum atomic E-state index is -0.967. The highest BCUT2D eigenvalue weighted by Crippen LogP contribution is 2.08. The first kappa shape index (κ1) is 20.6. The van der Waals surface area contributed by atoms with E-state index in [0.717, 1.165) is 0 Å². The first-order valence-electron chi connectivity index (χ1n) is 6.98. The molecule has 130 valence electrons. The molecule has 0 aromatic heterocycles. The number of rotatable bonds is 1. The Morgan fingerprint density at radius 2 is 1.39 bits per heavy atom. The molecule has 0 unspecified atom stereocenters. The monoisotopic (exact) mass is 327 g/mol. The minimum Gasteiger partial charge on any atom is -0.444 e. The molecule has 0 saturated carbocycles. The topological polar surface area (TPSA) is 106 Å². The van der Waals surface area contributed by atoms with Crippen LogP contribution in [0.25, 0.3) is 0 Å². The maximum absolute atomic E-state index is 11.7. The second-order valence-corrected chi connectivity index (χ2v) is 6.80. The quantitative estimate of drug-likeness (QED) is 0.437. The van der Waals surface area contributed by atoms with Crippen LogP contribution in [-0.4, -0.2) is 35.3 Å². The molecule has 0 spiro atoms. The van der Waals surface area contributed by atoms with Crippen molar-refractivity contribution in [3.63, 3.8) is 0 Å². The molecule has 0 heterocycles. The number of carbonyl (C=O) groups is 3. The van der Waals surface area contributed by atoms with E-state index in [4.69, 9.17) is 9.47 Å². The highest BCUT2D eigenvalue weighted by Gasteiger charge is 2.21. The molecule has 23 heavy (non-hydrogen) atoms. The summed E-state index contributed by atoms with van der Waals surface area (Å²) in [6.07, 6.45) is -1.84. The van der Waals surface area contributed by atoms with Crippen LogP contribution >= 0.6 is 0 Å². The Kier molecular flexibility index (Phi) is 6.95. The van der Waals surface area contributed by atoms with Gasteiger partial charge in [0, 0.05) is 5.57 Å². The van der Waals surface area contributed by atoms with Crippen LogP contribution in [0.5, 0.6) is 0 Å². The van der Waals surface area contributed by atoms with E-state index in [1.54, 1.807) is 41.5 Å². The third kappa shape index (κ3) is 10.9. The molecule has 0 aliphatic carbocycles. The Labute approximate surface area is 136 Å². The number of guanidine groups is 1. The standard InChI is InChI=1S/C15H25N3O5/c1-9(2)10(19)16-11(17-12(20)22-14(3,4)5)18-13(21)23-15(6,7)8/h1H2,2-8H3,(H2,16,17,18,19,20,21). The maximum atomic E-state index is 11.7. The molecule has 0 radical (unpaired) electrons. The van der Waals surface area contributed by atoms with Crippen molar-refractivity contribution in [3.8, 4) is 0 Å². The normalized spacial score (nSPS) is 12.2. The number of nitrogens with zero attached hydrogens (tertiary/aromatic N) is 1. The van der Waals surface area contributed by atoms with Crippen molar-refractivity contribution in [2.24, 2.45) is 4.99 Å². The molecule has 0 aromatic rings. The number of amides is 3. The Bertz CT molecular complexity index is 524. The van der Waals surface area contributed by atoms with Crippen LogP contribution in [0.2, 0.25) is 0 Å². The second kappa shape index (κ2) is 7.75. The summed E-state index contributed by atoms with van der Waals surface area (Å²) in [5, 5.41) is 4.44. The Hall–Kier alpha value is -2.38. The predicted octanol–water partition coefficient (Wildman–Crippen LogP) is 2.49. The van der Waals surface area contributed by atoms with Crippen molar-refractivity contribution >= 4 is 24.1 Å². The molecule has 0 aromatic carbocycles. The highest BCUT2D eigenvalue weighted by atomic mass is 16.6. The van der Waals surface area contributed by atoms with Crippen LogP contribution in [0.1, 0.15) is 48.5 Å². The average molecular weight is 327 g/mol. The van der Waals surface area contributed by atoms with Gasteiger partial charge in [0.1, 0.15) is 11.2 Å². The molecule has 0 aliphatic heterocycles. The van der Waals surface area contributed by atoms with Crippen LogP contribution in [-0.2, 0) is 14.3 Å². The van der Waals surface area contributed by atoms with Gasteiger partial charge in [-0.15, -0.1) is 4.99 Å². The fourth-order valence-corrected chi connectivity index (χ4v) is 1.08. The molecule has 0 bridgehead atoms. The minimum absolute atomic E-state index is 0.174. The van der Waals surface area contributed by atoms with Gasteiger partial charge in [-0.25, -0.2) is 9.59 Å². The van der Waals surface area contributed by atoms with E-state index in [-0.39, 0.29) is 5.57 Å². The Morgan fingerprint density at radius 1 is 0.913 bits per heavy atom. The molecule has 8 heteroatoms. The maximum Gasteiger partial charge on any atom is 0.437 e. The summed E-state index contributed by atoms with van der Waals surface area (Å²) >= 11 is 0. The van der Waals surface area contributed by atoms with Gasteiger partial charge in [0.25, 0.3) is 5.91 Å². The first-order valence-corrected chi connectivity index (χ1v) is 6.98. The van der Waals surface area contributed by atoms with Gasteiger partial charge in [0.05, 0.1) is 0 Å². The Morgan fingerprint density at radius 3 is 1.78 bits per heavy atom. The molecule has 3 amide bonds. The molecule has 0 aliphatic rings. The molecule has 8 nitrogen and oxygen atoms in total. The summed E-state index contributed by atoms with van der Waals surface area (Å²) in [4.78, 5) is 38.6. The highest BCUT2D eigenvalue weighted by molar-refractivity contribution is 6.10. The van der Waals surface area contributed by atoms with Gasteiger partial charge in [0.2, 0.25) is 5.96 Å².